The number of morpholine rings is 1. The van der Waals surface area contributed by atoms with Gasteiger partial charge in [-0.3, -0.25) is 14.7 Å². The van der Waals surface area contributed by atoms with E-state index < -0.39 is 12.0 Å². The number of aromatic amines is 1. The van der Waals surface area contributed by atoms with Gasteiger partial charge in [0.25, 0.3) is 0 Å². The number of nitrogens with one attached hydrogen (secondary N) is 1. The monoisotopic (exact) mass is 358 g/mol. The van der Waals surface area contributed by atoms with Gasteiger partial charge in [0.2, 0.25) is 11.8 Å². The second-order valence-electron chi connectivity index (χ2n) is 6.53. The van der Waals surface area contributed by atoms with Gasteiger partial charge >= 0.3 is 0 Å². The number of halogens is 1. The zero-order valence-electron chi connectivity index (χ0n) is 14.1. The van der Waals surface area contributed by atoms with E-state index in [0.717, 1.165) is 0 Å². The first-order valence-electron chi connectivity index (χ1n) is 8.57. The SMILES string of the molecule is O=C(C1CC(=O)N(c2cn[nH]c2)C1)N1CCOC(c2ccccc2F)C1. The van der Waals surface area contributed by atoms with E-state index in [4.69, 9.17) is 4.74 Å². The number of hydrogen-bond donors (Lipinski definition) is 1. The van der Waals surface area contributed by atoms with E-state index in [9.17, 15) is 14.0 Å². The first-order valence-corrected chi connectivity index (χ1v) is 8.57. The van der Waals surface area contributed by atoms with Crippen molar-refractivity contribution in [2.45, 2.75) is 12.5 Å². The summed E-state index contributed by atoms with van der Waals surface area (Å²) >= 11 is 0. The number of nitrogens with zero attached hydrogens (tertiary/aromatic N) is 3. The molecule has 26 heavy (non-hydrogen) atoms. The smallest absolute Gasteiger partial charge is 0.228 e. The Kier molecular flexibility index (Phi) is 4.42. The van der Waals surface area contributed by atoms with Crippen LogP contribution in [0.3, 0.4) is 0 Å². The minimum Gasteiger partial charge on any atom is -0.370 e. The Morgan fingerprint density at radius 2 is 2.15 bits per heavy atom. The summed E-state index contributed by atoms with van der Waals surface area (Å²) in [5.74, 6) is -0.927. The molecular formula is C18H19FN4O3. The highest BCUT2D eigenvalue weighted by molar-refractivity contribution is 6.00. The minimum absolute atomic E-state index is 0.0889. The van der Waals surface area contributed by atoms with E-state index in [2.05, 4.69) is 10.2 Å². The fourth-order valence-corrected chi connectivity index (χ4v) is 3.55. The maximum Gasteiger partial charge on any atom is 0.228 e. The molecule has 3 heterocycles. The van der Waals surface area contributed by atoms with Crippen molar-refractivity contribution < 1.29 is 18.7 Å². The summed E-state index contributed by atoms with van der Waals surface area (Å²) in [5, 5.41) is 6.52. The summed E-state index contributed by atoms with van der Waals surface area (Å²) in [5.41, 5.74) is 1.11. The summed E-state index contributed by atoms with van der Waals surface area (Å²) in [6, 6.07) is 6.44. The van der Waals surface area contributed by atoms with Gasteiger partial charge in [-0.25, -0.2) is 4.39 Å². The van der Waals surface area contributed by atoms with Crippen molar-refractivity contribution >= 4 is 17.5 Å². The number of anilines is 1. The molecule has 8 heteroatoms. The number of hydrogen-bond acceptors (Lipinski definition) is 4. The zero-order chi connectivity index (χ0) is 18.1. The highest BCUT2D eigenvalue weighted by atomic mass is 19.1. The number of H-pyrrole nitrogens is 1. The van der Waals surface area contributed by atoms with Gasteiger partial charge in [-0.1, -0.05) is 18.2 Å². The van der Waals surface area contributed by atoms with E-state index in [0.29, 0.717) is 30.9 Å². The summed E-state index contributed by atoms with van der Waals surface area (Å²) in [7, 11) is 0. The Labute approximate surface area is 149 Å². The summed E-state index contributed by atoms with van der Waals surface area (Å²) in [6.07, 6.45) is 2.88. The molecule has 4 rings (SSSR count). The maximum atomic E-state index is 14.0. The van der Waals surface area contributed by atoms with Crippen LogP contribution in [0.2, 0.25) is 0 Å². The number of ether oxygens (including phenoxy) is 1. The largest absolute Gasteiger partial charge is 0.370 e. The van der Waals surface area contributed by atoms with Crippen LogP contribution in [0.5, 0.6) is 0 Å². The Morgan fingerprint density at radius 3 is 2.92 bits per heavy atom. The molecule has 0 saturated carbocycles. The highest BCUT2D eigenvalue weighted by Crippen LogP contribution is 2.29. The third-order valence-corrected chi connectivity index (χ3v) is 4.90. The van der Waals surface area contributed by atoms with E-state index in [1.54, 1.807) is 40.4 Å². The second kappa shape index (κ2) is 6.87. The number of carbonyl (C=O) groups is 2. The molecule has 0 bridgehead atoms. The second-order valence-corrected chi connectivity index (χ2v) is 6.53. The lowest BCUT2D eigenvalue weighted by Crippen LogP contribution is -2.45. The molecule has 1 N–H and O–H groups in total. The molecule has 0 radical (unpaired) electrons. The molecule has 1 aromatic heterocycles. The number of rotatable bonds is 3. The third kappa shape index (κ3) is 3.08. The van der Waals surface area contributed by atoms with Gasteiger partial charge in [0.15, 0.2) is 0 Å². The molecule has 2 aliphatic rings. The highest BCUT2D eigenvalue weighted by Gasteiger charge is 2.39. The normalized spacial score (nSPS) is 23.5. The molecule has 2 saturated heterocycles. The van der Waals surface area contributed by atoms with Gasteiger partial charge in [0.1, 0.15) is 11.9 Å². The Balaban J connectivity index is 1.45. The van der Waals surface area contributed by atoms with Gasteiger partial charge in [0.05, 0.1) is 31.0 Å². The first-order chi connectivity index (χ1) is 12.6. The van der Waals surface area contributed by atoms with Gasteiger partial charge in [-0.15, -0.1) is 0 Å². The number of aromatic nitrogens is 2. The summed E-state index contributed by atoms with van der Waals surface area (Å²) in [4.78, 5) is 28.4. The Bertz CT molecular complexity index is 811. The van der Waals surface area contributed by atoms with E-state index in [-0.39, 0.29) is 30.6 Å². The van der Waals surface area contributed by atoms with Crippen LogP contribution in [0.4, 0.5) is 10.1 Å². The van der Waals surface area contributed by atoms with Crippen molar-refractivity contribution in [3.63, 3.8) is 0 Å². The van der Waals surface area contributed by atoms with Crippen LogP contribution in [0.1, 0.15) is 18.1 Å². The van der Waals surface area contributed by atoms with Crippen LogP contribution in [-0.4, -0.2) is 53.2 Å². The average Bonchev–Trinajstić information content (AvgIpc) is 3.31. The van der Waals surface area contributed by atoms with Gasteiger partial charge in [-0.2, -0.15) is 5.10 Å². The lowest BCUT2D eigenvalue weighted by atomic mass is 10.0. The molecular weight excluding hydrogens is 339 g/mol. The lowest BCUT2D eigenvalue weighted by molar-refractivity contribution is -0.143. The molecule has 2 amide bonds. The molecule has 1 aromatic carbocycles. The lowest BCUT2D eigenvalue weighted by Gasteiger charge is -2.34. The zero-order valence-corrected chi connectivity index (χ0v) is 14.1. The average molecular weight is 358 g/mol. The molecule has 2 fully saturated rings. The van der Waals surface area contributed by atoms with Crippen molar-refractivity contribution in [3.05, 3.63) is 48.0 Å². The van der Waals surface area contributed by atoms with Crippen molar-refractivity contribution in [2.24, 2.45) is 5.92 Å². The van der Waals surface area contributed by atoms with Crippen LogP contribution in [0, 0.1) is 11.7 Å². The quantitative estimate of drug-likeness (QED) is 0.902. The molecule has 2 atom stereocenters. The molecule has 7 nitrogen and oxygen atoms in total. The van der Waals surface area contributed by atoms with Gasteiger partial charge < -0.3 is 14.5 Å². The molecule has 0 aliphatic carbocycles. The number of amides is 2. The molecule has 2 aromatic rings. The van der Waals surface area contributed by atoms with Crippen LogP contribution < -0.4 is 4.90 Å². The predicted octanol–water partition coefficient (Wildman–Crippen LogP) is 1.50. The molecule has 2 aliphatic heterocycles. The summed E-state index contributed by atoms with van der Waals surface area (Å²) in [6.45, 7) is 1.41. The first kappa shape index (κ1) is 16.7. The van der Waals surface area contributed by atoms with E-state index in [1.165, 1.54) is 6.07 Å². The van der Waals surface area contributed by atoms with Crippen LogP contribution >= 0.6 is 0 Å². The number of carbonyl (C=O) groups excluding carboxylic acids is 2. The Morgan fingerprint density at radius 1 is 1.31 bits per heavy atom. The topological polar surface area (TPSA) is 78.5 Å². The van der Waals surface area contributed by atoms with E-state index in [1.807, 2.05) is 0 Å². The van der Waals surface area contributed by atoms with E-state index >= 15 is 0 Å². The van der Waals surface area contributed by atoms with Gasteiger partial charge in [-0.05, 0) is 6.07 Å². The molecule has 136 valence electrons. The van der Waals surface area contributed by atoms with Crippen molar-refractivity contribution in [2.75, 3.05) is 31.1 Å². The van der Waals surface area contributed by atoms with Crippen LogP contribution in [-0.2, 0) is 14.3 Å². The predicted molar refractivity (Wildman–Crippen MR) is 90.7 cm³/mol. The van der Waals surface area contributed by atoms with Crippen LogP contribution in [0.15, 0.2) is 36.7 Å². The Hall–Kier alpha value is -2.74. The number of benzene rings is 1. The molecule has 2 unspecified atom stereocenters. The standard InChI is InChI=1S/C18H19FN4O3/c19-15-4-2-1-3-14(15)16-11-22(5-6-26-16)18(25)12-7-17(24)23(10-12)13-8-20-21-9-13/h1-4,8-9,12,16H,5-7,10-11H2,(H,20,21). The van der Waals surface area contributed by atoms with Gasteiger partial charge in [0, 0.05) is 31.3 Å². The summed E-state index contributed by atoms with van der Waals surface area (Å²) < 4.78 is 19.7. The van der Waals surface area contributed by atoms with Crippen molar-refractivity contribution in [3.8, 4) is 0 Å². The maximum absolute atomic E-state index is 14.0. The van der Waals surface area contributed by atoms with Crippen LogP contribution in [0.25, 0.3) is 0 Å². The minimum atomic E-state index is -0.490. The van der Waals surface area contributed by atoms with Crippen molar-refractivity contribution in [1.29, 1.82) is 0 Å². The van der Waals surface area contributed by atoms with Crippen molar-refractivity contribution in [1.82, 2.24) is 15.1 Å². The third-order valence-electron chi connectivity index (χ3n) is 4.90. The fourth-order valence-electron chi connectivity index (χ4n) is 3.55. The molecule has 0 spiro atoms. The fraction of sp³-hybridized carbons (Fsp3) is 0.389.